The Morgan fingerprint density at radius 3 is 2.50 bits per heavy atom. The third-order valence-corrected chi connectivity index (χ3v) is 3.57. The van der Waals surface area contributed by atoms with E-state index >= 15 is 0 Å². The standard InChI is InChI=1S/C18H16N4O2/c1-12-15(11-16(23)21-14-5-3-2-4-6-14)18(24)22-17(20-12)13-7-9-19-10-8-13/h2-10H,11H2,1H3,(H,21,23)(H,20,22,24). The minimum Gasteiger partial charge on any atom is -0.326 e. The van der Waals surface area contributed by atoms with Crippen LogP contribution in [0.3, 0.4) is 0 Å². The van der Waals surface area contributed by atoms with E-state index < -0.39 is 0 Å². The lowest BCUT2D eigenvalue weighted by Gasteiger charge is -2.08. The minimum absolute atomic E-state index is 0.0281. The number of amides is 1. The first-order chi connectivity index (χ1) is 11.6. The van der Waals surface area contributed by atoms with Crippen LogP contribution in [0.2, 0.25) is 0 Å². The van der Waals surface area contributed by atoms with Crippen molar-refractivity contribution in [3.63, 3.8) is 0 Å². The zero-order chi connectivity index (χ0) is 16.9. The Balaban J connectivity index is 1.82. The minimum atomic E-state index is -0.308. The zero-order valence-electron chi connectivity index (χ0n) is 13.1. The first-order valence-electron chi connectivity index (χ1n) is 7.48. The van der Waals surface area contributed by atoms with E-state index in [0.29, 0.717) is 22.8 Å². The maximum absolute atomic E-state index is 12.3. The van der Waals surface area contributed by atoms with Crippen LogP contribution in [0, 0.1) is 6.92 Å². The van der Waals surface area contributed by atoms with Crippen molar-refractivity contribution in [3.05, 3.63) is 76.5 Å². The van der Waals surface area contributed by atoms with Gasteiger partial charge in [0.05, 0.1) is 6.42 Å². The Kier molecular flexibility index (Phi) is 4.47. The smallest absolute Gasteiger partial charge is 0.255 e. The third-order valence-electron chi connectivity index (χ3n) is 3.57. The highest BCUT2D eigenvalue weighted by atomic mass is 16.2. The summed E-state index contributed by atoms with van der Waals surface area (Å²) in [5.41, 5.74) is 2.05. The van der Waals surface area contributed by atoms with Gasteiger partial charge in [-0.2, -0.15) is 0 Å². The Hall–Kier alpha value is -3.28. The SMILES string of the molecule is Cc1nc(-c2ccncc2)[nH]c(=O)c1CC(=O)Nc1ccccc1. The van der Waals surface area contributed by atoms with Gasteiger partial charge in [-0.1, -0.05) is 18.2 Å². The number of pyridine rings is 1. The van der Waals surface area contributed by atoms with Gasteiger partial charge in [0.2, 0.25) is 5.91 Å². The lowest BCUT2D eigenvalue weighted by Crippen LogP contribution is -2.23. The number of nitrogens with one attached hydrogen (secondary N) is 2. The van der Waals surface area contributed by atoms with Gasteiger partial charge in [0.25, 0.3) is 5.56 Å². The fourth-order valence-corrected chi connectivity index (χ4v) is 2.35. The molecule has 2 heterocycles. The van der Waals surface area contributed by atoms with Crippen molar-refractivity contribution < 1.29 is 4.79 Å². The maximum Gasteiger partial charge on any atom is 0.255 e. The molecule has 0 fully saturated rings. The summed E-state index contributed by atoms with van der Waals surface area (Å²) in [6.07, 6.45) is 3.23. The molecule has 6 heteroatoms. The Morgan fingerprint density at radius 2 is 1.83 bits per heavy atom. The van der Waals surface area contributed by atoms with E-state index in [1.165, 1.54) is 0 Å². The summed E-state index contributed by atoms with van der Waals surface area (Å²) in [7, 11) is 0. The summed E-state index contributed by atoms with van der Waals surface area (Å²) in [5.74, 6) is 0.209. The topological polar surface area (TPSA) is 87.7 Å². The second kappa shape index (κ2) is 6.87. The van der Waals surface area contributed by atoms with Gasteiger partial charge in [0, 0.05) is 34.9 Å². The van der Waals surface area contributed by atoms with Crippen LogP contribution < -0.4 is 10.9 Å². The predicted molar refractivity (Wildman–Crippen MR) is 91.6 cm³/mol. The van der Waals surface area contributed by atoms with Gasteiger partial charge in [-0.3, -0.25) is 14.6 Å². The number of H-pyrrole nitrogens is 1. The van der Waals surface area contributed by atoms with Crippen LogP contribution in [-0.4, -0.2) is 20.9 Å². The van der Waals surface area contributed by atoms with Crippen molar-refractivity contribution >= 4 is 11.6 Å². The van der Waals surface area contributed by atoms with Gasteiger partial charge in [-0.05, 0) is 31.2 Å². The number of anilines is 1. The van der Waals surface area contributed by atoms with Crippen LogP contribution >= 0.6 is 0 Å². The van der Waals surface area contributed by atoms with Crippen LogP contribution in [0.4, 0.5) is 5.69 Å². The van der Waals surface area contributed by atoms with E-state index in [0.717, 1.165) is 5.56 Å². The van der Waals surface area contributed by atoms with Crippen molar-refractivity contribution in [1.29, 1.82) is 0 Å². The summed E-state index contributed by atoms with van der Waals surface area (Å²) >= 11 is 0. The Morgan fingerprint density at radius 1 is 1.12 bits per heavy atom. The number of hydrogen-bond donors (Lipinski definition) is 2. The van der Waals surface area contributed by atoms with Gasteiger partial charge < -0.3 is 10.3 Å². The first-order valence-corrected chi connectivity index (χ1v) is 7.48. The van der Waals surface area contributed by atoms with E-state index in [4.69, 9.17) is 0 Å². The second-order valence-corrected chi connectivity index (χ2v) is 5.31. The van der Waals surface area contributed by atoms with Crippen molar-refractivity contribution in [3.8, 4) is 11.4 Å². The lowest BCUT2D eigenvalue weighted by atomic mass is 10.1. The molecule has 0 radical (unpaired) electrons. The molecule has 0 atom stereocenters. The highest BCUT2D eigenvalue weighted by Crippen LogP contribution is 2.13. The summed E-state index contributed by atoms with van der Waals surface area (Å²) in [4.78, 5) is 35.5. The molecule has 0 aliphatic carbocycles. The number of benzene rings is 1. The summed E-state index contributed by atoms with van der Waals surface area (Å²) in [5, 5.41) is 2.76. The maximum atomic E-state index is 12.3. The van der Waals surface area contributed by atoms with Gasteiger partial charge in [0.1, 0.15) is 5.82 Å². The molecule has 0 aliphatic rings. The van der Waals surface area contributed by atoms with Gasteiger partial charge in [0.15, 0.2) is 0 Å². The van der Waals surface area contributed by atoms with E-state index in [9.17, 15) is 9.59 Å². The predicted octanol–water partition coefficient (Wildman–Crippen LogP) is 2.32. The number of nitrogens with zero attached hydrogens (tertiary/aromatic N) is 2. The van der Waals surface area contributed by atoms with Crippen molar-refractivity contribution in [2.75, 3.05) is 5.32 Å². The summed E-state index contributed by atoms with van der Waals surface area (Å²) < 4.78 is 0. The van der Waals surface area contributed by atoms with Crippen molar-refractivity contribution in [2.45, 2.75) is 13.3 Å². The van der Waals surface area contributed by atoms with E-state index in [1.807, 2.05) is 18.2 Å². The number of aryl methyl sites for hydroxylation is 1. The molecule has 0 saturated heterocycles. The fourth-order valence-electron chi connectivity index (χ4n) is 2.35. The second-order valence-electron chi connectivity index (χ2n) is 5.31. The summed E-state index contributed by atoms with van der Waals surface area (Å²) in [6.45, 7) is 1.73. The van der Waals surface area contributed by atoms with Crippen LogP contribution in [0.15, 0.2) is 59.7 Å². The van der Waals surface area contributed by atoms with Gasteiger partial charge >= 0.3 is 0 Å². The molecule has 2 N–H and O–H groups in total. The van der Waals surface area contributed by atoms with Crippen LogP contribution in [0.1, 0.15) is 11.3 Å². The van der Waals surface area contributed by atoms with Crippen LogP contribution in [0.25, 0.3) is 11.4 Å². The number of para-hydroxylation sites is 1. The molecule has 0 unspecified atom stereocenters. The number of carbonyl (C=O) groups excluding carboxylic acids is 1. The quantitative estimate of drug-likeness (QED) is 0.772. The highest BCUT2D eigenvalue weighted by molar-refractivity contribution is 5.92. The number of carbonyl (C=O) groups is 1. The average molecular weight is 320 g/mol. The van der Waals surface area contributed by atoms with E-state index in [2.05, 4.69) is 20.3 Å². The molecule has 0 bridgehead atoms. The molecule has 1 aromatic carbocycles. The molecule has 0 spiro atoms. The van der Waals surface area contributed by atoms with Gasteiger partial charge in [-0.15, -0.1) is 0 Å². The Bertz CT molecular complexity index is 905. The number of aromatic nitrogens is 3. The third kappa shape index (κ3) is 3.55. The lowest BCUT2D eigenvalue weighted by molar-refractivity contribution is -0.115. The average Bonchev–Trinajstić information content (AvgIpc) is 2.59. The molecule has 1 amide bonds. The van der Waals surface area contributed by atoms with Gasteiger partial charge in [-0.25, -0.2) is 4.98 Å². The normalized spacial score (nSPS) is 10.4. The molecule has 0 saturated carbocycles. The first kappa shape index (κ1) is 15.6. The fraction of sp³-hybridized carbons (Fsp3) is 0.111. The van der Waals surface area contributed by atoms with Crippen molar-refractivity contribution in [2.24, 2.45) is 0 Å². The number of rotatable bonds is 4. The van der Waals surface area contributed by atoms with Crippen LogP contribution in [0.5, 0.6) is 0 Å². The number of hydrogen-bond acceptors (Lipinski definition) is 4. The van der Waals surface area contributed by atoms with Crippen LogP contribution in [-0.2, 0) is 11.2 Å². The molecule has 3 aromatic rings. The van der Waals surface area contributed by atoms with Crippen molar-refractivity contribution in [1.82, 2.24) is 15.0 Å². The molecule has 2 aromatic heterocycles. The zero-order valence-corrected chi connectivity index (χ0v) is 13.1. The molecule has 6 nitrogen and oxygen atoms in total. The van der Waals surface area contributed by atoms with E-state index in [-0.39, 0.29) is 17.9 Å². The molecule has 0 aliphatic heterocycles. The monoisotopic (exact) mass is 320 g/mol. The highest BCUT2D eigenvalue weighted by Gasteiger charge is 2.13. The van der Waals surface area contributed by atoms with E-state index in [1.54, 1.807) is 43.6 Å². The molecular formula is C18H16N4O2. The molecule has 24 heavy (non-hydrogen) atoms. The largest absolute Gasteiger partial charge is 0.326 e. The molecule has 3 rings (SSSR count). The molecular weight excluding hydrogens is 304 g/mol. The number of aromatic amines is 1. The molecule has 120 valence electrons. The Labute approximate surface area is 138 Å². The summed E-state index contributed by atoms with van der Waals surface area (Å²) in [6, 6.07) is 12.6.